The fourth-order valence-corrected chi connectivity index (χ4v) is 3.99. The summed E-state index contributed by atoms with van der Waals surface area (Å²) >= 11 is 2.23. The molecular formula is C14H21F6I. The van der Waals surface area contributed by atoms with Gasteiger partial charge in [0, 0.05) is 12.8 Å². The maximum Gasteiger partial charge on any atom is 0.389 e. The summed E-state index contributed by atoms with van der Waals surface area (Å²) in [7, 11) is 0. The first kappa shape index (κ1) is 19.4. The molecule has 0 aromatic rings. The normalized spacial score (nSPS) is 27.9. The minimum atomic E-state index is -4.28. The molecule has 0 radical (unpaired) electrons. The monoisotopic (exact) mass is 430 g/mol. The predicted molar refractivity (Wildman–Crippen MR) is 78.4 cm³/mol. The van der Waals surface area contributed by atoms with E-state index in [-0.39, 0.29) is 12.3 Å². The summed E-state index contributed by atoms with van der Waals surface area (Å²) in [5.74, 6) is -1.27. The van der Waals surface area contributed by atoms with Gasteiger partial charge in [0.25, 0.3) is 0 Å². The van der Waals surface area contributed by atoms with E-state index in [9.17, 15) is 26.3 Å². The molecule has 0 bridgehead atoms. The molecule has 1 aliphatic rings. The van der Waals surface area contributed by atoms with Gasteiger partial charge in [0.2, 0.25) is 0 Å². The zero-order chi connectivity index (χ0) is 16.1. The number of halogens is 7. The Bertz CT molecular complexity index is 275. The zero-order valence-corrected chi connectivity index (χ0v) is 13.9. The van der Waals surface area contributed by atoms with E-state index in [0.29, 0.717) is 12.8 Å². The van der Waals surface area contributed by atoms with Gasteiger partial charge in [0.1, 0.15) is 0 Å². The fourth-order valence-electron chi connectivity index (χ4n) is 3.45. The van der Waals surface area contributed by atoms with Crippen molar-refractivity contribution in [2.24, 2.45) is 17.8 Å². The molecule has 0 aromatic heterocycles. The molecule has 1 saturated carbocycles. The summed E-state index contributed by atoms with van der Waals surface area (Å²) in [6.45, 7) is 0. The minimum Gasteiger partial charge on any atom is -0.171 e. The van der Waals surface area contributed by atoms with Crippen LogP contribution in [0.5, 0.6) is 0 Å². The van der Waals surface area contributed by atoms with Gasteiger partial charge in [-0.3, -0.25) is 0 Å². The second-order valence-corrected chi connectivity index (χ2v) is 7.21. The Morgan fingerprint density at radius 2 is 1.14 bits per heavy atom. The molecule has 0 spiro atoms. The molecule has 21 heavy (non-hydrogen) atoms. The minimum absolute atomic E-state index is 0.0152. The summed E-state index contributed by atoms with van der Waals surface area (Å²) in [5.41, 5.74) is 0. The number of unbranched alkanes of at least 4 members (excludes halogenated alkanes) is 1. The lowest BCUT2D eigenvalue weighted by Crippen LogP contribution is -2.29. The largest absolute Gasteiger partial charge is 0.389 e. The van der Waals surface area contributed by atoms with E-state index in [4.69, 9.17) is 0 Å². The lowest BCUT2D eigenvalue weighted by atomic mass is 9.71. The van der Waals surface area contributed by atoms with E-state index in [0.717, 1.165) is 23.7 Å². The van der Waals surface area contributed by atoms with E-state index in [2.05, 4.69) is 22.6 Å². The number of hydrogen-bond donors (Lipinski definition) is 0. The van der Waals surface area contributed by atoms with Crippen LogP contribution in [0.4, 0.5) is 26.3 Å². The molecule has 0 heterocycles. The van der Waals surface area contributed by atoms with Gasteiger partial charge >= 0.3 is 12.4 Å². The Kier molecular flexibility index (Phi) is 7.60. The highest BCUT2D eigenvalue weighted by atomic mass is 127. The van der Waals surface area contributed by atoms with Gasteiger partial charge in [0.05, 0.1) is 0 Å². The van der Waals surface area contributed by atoms with Crippen molar-refractivity contribution in [1.82, 2.24) is 0 Å². The molecule has 0 aromatic carbocycles. The van der Waals surface area contributed by atoms with Crippen molar-refractivity contribution in [2.75, 3.05) is 4.43 Å². The second kappa shape index (κ2) is 8.24. The van der Waals surface area contributed by atoms with Crippen LogP contribution < -0.4 is 0 Å². The van der Waals surface area contributed by atoms with Crippen molar-refractivity contribution in [3.8, 4) is 0 Å². The SMILES string of the molecule is FC(F)(F)CC1CC(CCCCI)CC(CC(F)(F)F)C1. The van der Waals surface area contributed by atoms with E-state index in [1.54, 1.807) is 0 Å². The summed E-state index contributed by atoms with van der Waals surface area (Å²) in [4.78, 5) is 0. The fraction of sp³-hybridized carbons (Fsp3) is 1.00. The molecule has 1 aliphatic carbocycles. The first-order chi connectivity index (χ1) is 9.59. The van der Waals surface area contributed by atoms with Crippen molar-refractivity contribution in [2.45, 2.75) is 63.7 Å². The van der Waals surface area contributed by atoms with E-state index in [1.165, 1.54) is 0 Å². The topological polar surface area (TPSA) is 0 Å². The smallest absolute Gasteiger partial charge is 0.171 e. The number of hydrogen-bond acceptors (Lipinski definition) is 0. The average molecular weight is 430 g/mol. The van der Waals surface area contributed by atoms with Crippen LogP contribution in [0.1, 0.15) is 51.4 Å². The first-order valence-electron chi connectivity index (χ1n) is 7.28. The van der Waals surface area contributed by atoms with Crippen LogP contribution in [-0.4, -0.2) is 16.8 Å². The van der Waals surface area contributed by atoms with E-state index in [1.807, 2.05) is 0 Å². The van der Waals surface area contributed by atoms with Gasteiger partial charge in [-0.25, -0.2) is 0 Å². The zero-order valence-electron chi connectivity index (χ0n) is 11.7. The standard InChI is InChI=1S/C14H21F6I/c15-13(16,17)8-11-5-10(3-1-2-4-21)6-12(7-11)9-14(18,19)20/h10-12H,1-9H2. The molecule has 0 amide bonds. The Morgan fingerprint density at radius 1 is 0.714 bits per heavy atom. The highest BCUT2D eigenvalue weighted by molar-refractivity contribution is 14.1. The molecule has 0 saturated heterocycles. The van der Waals surface area contributed by atoms with Crippen molar-refractivity contribution in [3.63, 3.8) is 0 Å². The molecule has 2 atom stereocenters. The van der Waals surface area contributed by atoms with Gasteiger partial charge in [-0.1, -0.05) is 35.4 Å². The summed E-state index contributed by atoms with van der Waals surface area (Å²) in [6, 6.07) is 0. The maximum atomic E-state index is 12.5. The van der Waals surface area contributed by atoms with Gasteiger partial charge in [-0.2, -0.15) is 26.3 Å². The van der Waals surface area contributed by atoms with Crippen LogP contribution in [0.15, 0.2) is 0 Å². The molecule has 1 fully saturated rings. The molecular weight excluding hydrogens is 409 g/mol. The third-order valence-corrected chi connectivity index (χ3v) is 4.80. The lowest BCUT2D eigenvalue weighted by molar-refractivity contribution is -0.160. The second-order valence-electron chi connectivity index (χ2n) is 6.13. The molecule has 7 heteroatoms. The molecule has 2 unspecified atom stereocenters. The van der Waals surface area contributed by atoms with Crippen LogP contribution in [0.2, 0.25) is 0 Å². The summed E-state index contributed by atoms with van der Waals surface area (Å²) in [6.07, 6.45) is -6.91. The van der Waals surface area contributed by atoms with Crippen molar-refractivity contribution in [3.05, 3.63) is 0 Å². The molecule has 1 rings (SSSR count). The highest BCUT2D eigenvalue weighted by Crippen LogP contribution is 2.44. The molecule has 0 nitrogen and oxygen atoms in total. The van der Waals surface area contributed by atoms with Gasteiger partial charge < -0.3 is 0 Å². The van der Waals surface area contributed by atoms with Crippen LogP contribution in [0.25, 0.3) is 0 Å². The third-order valence-electron chi connectivity index (χ3n) is 4.04. The average Bonchev–Trinajstić information content (AvgIpc) is 2.24. The Morgan fingerprint density at radius 3 is 1.52 bits per heavy atom. The third kappa shape index (κ3) is 9.13. The van der Waals surface area contributed by atoms with Crippen LogP contribution in [-0.2, 0) is 0 Å². The number of alkyl halides is 7. The Hall–Kier alpha value is 0.310. The highest BCUT2D eigenvalue weighted by Gasteiger charge is 2.40. The number of rotatable bonds is 6. The molecule has 0 N–H and O–H groups in total. The van der Waals surface area contributed by atoms with Gasteiger partial charge in [-0.05, 0) is 47.9 Å². The van der Waals surface area contributed by atoms with Gasteiger partial charge in [-0.15, -0.1) is 0 Å². The lowest BCUT2D eigenvalue weighted by Gasteiger charge is -2.36. The quantitative estimate of drug-likeness (QED) is 0.195. The first-order valence-corrected chi connectivity index (χ1v) is 8.81. The Labute approximate surface area is 135 Å². The van der Waals surface area contributed by atoms with Crippen molar-refractivity contribution >= 4 is 22.6 Å². The summed E-state index contributed by atoms with van der Waals surface area (Å²) < 4.78 is 76.1. The van der Waals surface area contributed by atoms with Crippen LogP contribution >= 0.6 is 22.6 Å². The van der Waals surface area contributed by atoms with Gasteiger partial charge in [0.15, 0.2) is 0 Å². The molecule has 126 valence electrons. The predicted octanol–water partition coefficient (Wildman–Crippen LogP) is 6.53. The molecule has 0 aliphatic heterocycles. The summed E-state index contributed by atoms with van der Waals surface area (Å²) in [5, 5.41) is 0. The van der Waals surface area contributed by atoms with E-state index >= 15 is 0 Å². The van der Waals surface area contributed by atoms with Crippen LogP contribution in [0.3, 0.4) is 0 Å². The maximum absolute atomic E-state index is 12.5. The van der Waals surface area contributed by atoms with Crippen LogP contribution in [0, 0.1) is 17.8 Å². The van der Waals surface area contributed by atoms with E-state index < -0.39 is 37.0 Å². The van der Waals surface area contributed by atoms with Crippen molar-refractivity contribution < 1.29 is 26.3 Å². The Balaban J connectivity index is 2.59. The van der Waals surface area contributed by atoms with Crippen molar-refractivity contribution in [1.29, 1.82) is 0 Å².